The molecule has 1 aliphatic carbocycles. The summed E-state index contributed by atoms with van der Waals surface area (Å²) in [5, 5.41) is 8.98. The molecule has 0 saturated heterocycles. The molecular formula is C11H21NO4S. The molecule has 0 aromatic rings. The Morgan fingerprint density at radius 1 is 1.35 bits per heavy atom. The topological polar surface area (TPSA) is 83.5 Å². The molecule has 5 nitrogen and oxygen atoms in total. The summed E-state index contributed by atoms with van der Waals surface area (Å²) in [7, 11) is -3.40. The first kappa shape index (κ1) is 14.4. The van der Waals surface area contributed by atoms with Gasteiger partial charge in [-0.2, -0.15) is 0 Å². The van der Waals surface area contributed by atoms with Crippen molar-refractivity contribution in [1.82, 2.24) is 4.72 Å². The van der Waals surface area contributed by atoms with Gasteiger partial charge in [0.05, 0.1) is 11.7 Å². The minimum atomic E-state index is -3.40. The van der Waals surface area contributed by atoms with Crippen LogP contribution in [0.4, 0.5) is 0 Å². The van der Waals surface area contributed by atoms with Gasteiger partial charge >= 0.3 is 5.97 Å². The molecule has 0 aromatic carbocycles. The van der Waals surface area contributed by atoms with E-state index in [0.29, 0.717) is 12.8 Å². The molecule has 2 unspecified atom stereocenters. The Hall–Kier alpha value is -0.620. The van der Waals surface area contributed by atoms with Crippen molar-refractivity contribution in [1.29, 1.82) is 0 Å². The van der Waals surface area contributed by atoms with Gasteiger partial charge in [0.15, 0.2) is 0 Å². The fourth-order valence-corrected chi connectivity index (χ4v) is 4.21. The summed E-state index contributed by atoms with van der Waals surface area (Å²) in [5.41, 5.74) is -0.330. The van der Waals surface area contributed by atoms with E-state index < -0.39 is 28.0 Å². The first-order valence-corrected chi connectivity index (χ1v) is 7.49. The molecule has 0 amide bonds. The monoisotopic (exact) mass is 263 g/mol. The van der Waals surface area contributed by atoms with Crippen molar-refractivity contribution < 1.29 is 18.3 Å². The molecule has 0 bridgehead atoms. The van der Waals surface area contributed by atoms with Gasteiger partial charge in [-0.15, -0.1) is 0 Å². The Kier molecular flexibility index (Phi) is 4.19. The smallest absolute Gasteiger partial charge is 0.308 e. The molecule has 0 heterocycles. The zero-order chi connectivity index (χ0) is 13.3. The number of carboxylic acid groups (broad SMARTS) is 1. The van der Waals surface area contributed by atoms with Gasteiger partial charge in [-0.1, -0.05) is 27.2 Å². The van der Waals surface area contributed by atoms with Crippen molar-refractivity contribution >= 4 is 16.0 Å². The molecule has 2 atom stereocenters. The molecule has 1 aliphatic rings. The molecule has 0 spiro atoms. The van der Waals surface area contributed by atoms with E-state index in [9.17, 15) is 13.2 Å². The number of nitrogens with one attached hydrogen (secondary N) is 1. The lowest BCUT2D eigenvalue weighted by molar-refractivity contribution is -0.141. The Morgan fingerprint density at radius 2 is 1.94 bits per heavy atom. The number of rotatable bonds is 4. The highest BCUT2D eigenvalue weighted by Gasteiger charge is 2.36. The lowest BCUT2D eigenvalue weighted by Gasteiger charge is -2.22. The normalized spacial score (nSPS) is 26.1. The number of hydrogen-bond donors (Lipinski definition) is 2. The minimum absolute atomic E-state index is 0.0167. The zero-order valence-corrected chi connectivity index (χ0v) is 11.4. The molecule has 6 heteroatoms. The van der Waals surface area contributed by atoms with E-state index in [1.54, 1.807) is 0 Å². The van der Waals surface area contributed by atoms with Gasteiger partial charge in [-0.25, -0.2) is 13.1 Å². The molecular weight excluding hydrogens is 242 g/mol. The molecule has 1 saturated carbocycles. The predicted octanol–water partition coefficient (Wildman–Crippen LogP) is 1.21. The number of aliphatic carboxylic acids is 1. The van der Waals surface area contributed by atoms with E-state index in [1.165, 1.54) is 0 Å². The lowest BCUT2D eigenvalue weighted by Crippen LogP contribution is -2.43. The quantitative estimate of drug-likeness (QED) is 0.798. The van der Waals surface area contributed by atoms with Crippen molar-refractivity contribution in [2.45, 2.75) is 46.1 Å². The third kappa shape index (κ3) is 4.63. The SMILES string of the molecule is CC(C)(C)CS(=O)(=O)NC1CCCC1C(=O)O. The zero-order valence-electron chi connectivity index (χ0n) is 10.6. The molecule has 0 aliphatic heterocycles. The average Bonchev–Trinajstić information content (AvgIpc) is 2.45. The van der Waals surface area contributed by atoms with Gasteiger partial charge in [0.2, 0.25) is 10.0 Å². The van der Waals surface area contributed by atoms with E-state index in [2.05, 4.69) is 4.72 Å². The summed E-state index contributed by atoms with van der Waals surface area (Å²) < 4.78 is 26.3. The van der Waals surface area contributed by atoms with Crippen LogP contribution in [0.5, 0.6) is 0 Å². The van der Waals surface area contributed by atoms with Crippen LogP contribution in [0.3, 0.4) is 0 Å². The number of carboxylic acids is 1. The van der Waals surface area contributed by atoms with Crippen LogP contribution in [0.2, 0.25) is 0 Å². The van der Waals surface area contributed by atoms with Crippen LogP contribution < -0.4 is 4.72 Å². The second-order valence-electron chi connectivity index (χ2n) is 5.92. The maximum atomic E-state index is 11.9. The summed E-state index contributed by atoms with van der Waals surface area (Å²) in [6.45, 7) is 5.53. The van der Waals surface area contributed by atoms with Gasteiger partial charge in [-0.05, 0) is 18.3 Å². The van der Waals surface area contributed by atoms with E-state index >= 15 is 0 Å². The summed E-state index contributed by atoms with van der Waals surface area (Å²) in [6, 6.07) is -0.445. The molecule has 1 fully saturated rings. The van der Waals surface area contributed by atoms with E-state index in [0.717, 1.165) is 6.42 Å². The van der Waals surface area contributed by atoms with Crippen LogP contribution >= 0.6 is 0 Å². The van der Waals surface area contributed by atoms with Gasteiger partial charge in [0.25, 0.3) is 0 Å². The second kappa shape index (κ2) is 4.94. The van der Waals surface area contributed by atoms with Crippen molar-refractivity contribution in [2.75, 3.05) is 5.75 Å². The van der Waals surface area contributed by atoms with E-state index in [4.69, 9.17) is 5.11 Å². The van der Waals surface area contributed by atoms with Gasteiger partial charge in [0.1, 0.15) is 0 Å². The van der Waals surface area contributed by atoms with Gasteiger partial charge in [0, 0.05) is 6.04 Å². The first-order valence-electron chi connectivity index (χ1n) is 5.83. The Morgan fingerprint density at radius 3 is 2.41 bits per heavy atom. The lowest BCUT2D eigenvalue weighted by atomic mass is 10.0. The van der Waals surface area contributed by atoms with Gasteiger partial charge in [-0.3, -0.25) is 4.79 Å². The summed E-state index contributed by atoms with van der Waals surface area (Å²) in [6.07, 6.45) is 1.93. The van der Waals surface area contributed by atoms with Crippen LogP contribution in [0.25, 0.3) is 0 Å². The Bertz CT molecular complexity index is 383. The van der Waals surface area contributed by atoms with Crippen LogP contribution in [-0.4, -0.2) is 31.3 Å². The third-order valence-corrected chi connectivity index (χ3v) is 4.70. The maximum absolute atomic E-state index is 11.9. The highest BCUT2D eigenvalue weighted by molar-refractivity contribution is 7.89. The summed E-state index contributed by atoms with van der Waals surface area (Å²) in [4.78, 5) is 10.9. The number of hydrogen-bond acceptors (Lipinski definition) is 3. The van der Waals surface area contributed by atoms with Crippen LogP contribution in [0.15, 0.2) is 0 Å². The molecule has 17 heavy (non-hydrogen) atoms. The highest BCUT2D eigenvalue weighted by Crippen LogP contribution is 2.27. The Labute approximate surface area is 103 Å². The van der Waals surface area contributed by atoms with Crippen molar-refractivity contribution in [3.05, 3.63) is 0 Å². The molecule has 100 valence electrons. The predicted molar refractivity (Wildman–Crippen MR) is 65.1 cm³/mol. The second-order valence-corrected chi connectivity index (χ2v) is 7.67. The fraction of sp³-hybridized carbons (Fsp3) is 0.909. The highest BCUT2D eigenvalue weighted by atomic mass is 32.2. The molecule has 1 rings (SSSR count). The maximum Gasteiger partial charge on any atom is 0.308 e. The molecule has 0 radical (unpaired) electrons. The molecule has 2 N–H and O–H groups in total. The van der Waals surface area contributed by atoms with Crippen molar-refractivity contribution in [3.8, 4) is 0 Å². The van der Waals surface area contributed by atoms with Crippen LogP contribution in [0.1, 0.15) is 40.0 Å². The van der Waals surface area contributed by atoms with Crippen molar-refractivity contribution in [3.63, 3.8) is 0 Å². The van der Waals surface area contributed by atoms with E-state index in [1.807, 2.05) is 20.8 Å². The minimum Gasteiger partial charge on any atom is -0.481 e. The standard InChI is InChI=1S/C11H21NO4S/c1-11(2,3)7-17(15,16)12-9-6-4-5-8(9)10(13)14/h8-9,12H,4-7H2,1-3H3,(H,13,14). The number of carbonyl (C=O) groups is 1. The van der Waals surface area contributed by atoms with E-state index in [-0.39, 0.29) is 11.2 Å². The van der Waals surface area contributed by atoms with Crippen molar-refractivity contribution in [2.24, 2.45) is 11.3 Å². The van der Waals surface area contributed by atoms with Crippen LogP contribution in [-0.2, 0) is 14.8 Å². The Balaban J connectivity index is 2.68. The molecule has 0 aromatic heterocycles. The largest absolute Gasteiger partial charge is 0.481 e. The van der Waals surface area contributed by atoms with Crippen LogP contribution in [0, 0.1) is 11.3 Å². The summed E-state index contributed by atoms with van der Waals surface area (Å²) in [5.74, 6) is -1.47. The fourth-order valence-electron chi connectivity index (χ4n) is 2.24. The summed E-state index contributed by atoms with van der Waals surface area (Å²) >= 11 is 0. The van der Waals surface area contributed by atoms with Gasteiger partial charge < -0.3 is 5.11 Å². The first-order chi connectivity index (χ1) is 7.61. The number of sulfonamides is 1. The third-order valence-electron chi connectivity index (χ3n) is 2.79. The average molecular weight is 263 g/mol.